The zero-order valence-electron chi connectivity index (χ0n) is 12.1. The van der Waals surface area contributed by atoms with Crippen molar-refractivity contribution in [1.29, 1.82) is 0 Å². The molecule has 2 aliphatic rings. The first kappa shape index (κ1) is 15.3. The first-order valence-electron chi connectivity index (χ1n) is 7.15. The quantitative estimate of drug-likeness (QED) is 0.820. The predicted molar refractivity (Wildman–Crippen MR) is 83.7 cm³/mol. The number of thioether (sulfide) groups is 1. The summed E-state index contributed by atoms with van der Waals surface area (Å²) in [5, 5.41) is 0. The maximum atomic E-state index is 11.8. The molecule has 1 aromatic rings. The molecule has 3 rings (SSSR count). The average Bonchev–Trinajstić information content (AvgIpc) is 2.89. The summed E-state index contributed by atoms with van der Waals surface area (Å²) in [6.07, 6.45) is 4.69. The van der Waals surface area contributed by atoms with Crippen LogP contribution in [-0.4, -0.2) is 53.2 Å². The molecule has 2 aliphatic heterocycles. The number of nitrogens with zero attached hydrogens (tertiary/aromatic N) is 2. The second kappa shape index (κ2) is 5.87. The van der Waals surface area contributed by atoms with Gasteiger partial charge in [0.05, 0.1) is 18.5 Å². The summed E-state index contributed by atoms with van der Waals surface area (Å²) >= 11 is 1.86. The fraction of sp³-hybridized carbons (Fsp3) is 0.643. The summed E-state index contributed by atoms with van der Waals surface area (Å²) in [5.74, 6) is 1.14. The fourth-order valence-electron chi connectivity index (χ4n) is 2.80. The normalized spacial score (nSPS) is 25.1. The largest absolute Gasteiger partial charge is 0.373 e. The van der Waals surface area contributed by atoms with Crippen molar-refractivity contribution < 1.29 is 13.2 Å². The number of pyridine rings is 1. The van der Waals surface area contributed by atoms with E-state index in [0.717, 1.165) is 17.7 Å². The zero-order chi connectivity index (χ0) is 14.9. The minimum absolute atomic E-state index is 0.0884. The standard InChI is InChI=1S/C14H20N2O3S2/c1-2-21(17,18)16-10-14(11-16)7-13(9-20-14)19-8-12-3-5-15-6-4-12/h3-6,13H,2,7-11H2,1H3/t13-/m0/s1. The number of aromatic nitrogens is 1. The van der Waals surface area contributed by atoms with Crippen LogP contribution in [0.3, 0.4) is 0 Å². The lowest BCUT2D eigenvalue weighted by Gasteiger charge is -2.46. The van der Waals surface area contributed by atoms with Gasteiger partial charge in [0.15, 0.2) is 0 Å². The molecule has 0 aliphatic carbocycles. The van der Waals surface area contributed by atoms with Crippen LogP contribution in [0.5, 0.6) is 0 Å². The highest BCUT2D eigenvalue weighted by molar-refractivity contribution is 8.01. The van der Waals surface area contributed by atoms with Crippen LogP contribution in [0.25, 0.3) is 0 Å². The van der Waals surface area contributed by atoms with Crippen LogP contribution in [0.2, 0.25) is 0 Å². The van der Waals surface area contributed by atoms with Crippen molar-refractivity contribution >= 4 is 21.8 Å². The third-order valence-electron chi connectivity index (χ3n) is 4.10. The van der Waals surface area contributed by atoms with E-state index in [4.69, 9.17) is 4.74 Å². The lowest BCUT2D eigenvalue weighted by atomic mass is 9.95. The van der Waals surface area contributed by atoms with E-state index in [1.807, 2.05) is 23.9 Å². The number of hydrogen-bond acceptors (Lipinski definition) is 5. The Labute approximate surface area is 130 Å². The van der Waals surface area contributed by atoms with Crippen LogP contribution in [0.1, 0.15) is 18.9 Å². The van der Waals surface area contributed by atoms with Gasteiger partial charge in [0.1, 0.15) is 0 Å². The molecule has 0 unspecified atom stereocenters. The summed E-state index contributed by atoms with van der Waals surface area (Å²) < 4.78 is 31.2. The Bertz CT molecular complexity index is 585. The molecule has 3 heterocycles. The zero-order valence-corrected chi connectivity index (χ0v) is 13.7. The molecular formula is C14H20N2O3S2. The number of ether oxygens (including phenoxy) is 1. The Morgan fingerprint density at radius 3 is 2.81 bits per heavy atom. The van der Waals surface area contributed by atoms with Gasteiger partial charge in [-0.15, -0.1) is 11.8 Å². The van der Waals surface area contributed by atoms with Gasteiger partial charge in [-0.25, -0.2) is 8.42 Å². The van der Waals surface area contributed by atoms with Gasteiger partial charge >= 0.3 is 0 Å². The molecule has 5 nitrogen and oxygen atoms in total. The van der Waals surface area contributed by atoms with Crippen molar-refractivity contribution in [3.8, 4) is 0 Å². The van der Waals surface area contributed by atoms with Crippen LogP contribution in [-0.2, 0) is 21.4 Å². The van der Waals surface area contributed by atoms with E-state index in [-0.39, 0.29) is 16.6 Å². The molecule has 1 aromatic heterocycles. The van der Waals surface area contributed by atoms with Crippen LogP contribution < -0.4 is 0 Å². The summed E-state index contributed by atoms with van der Waals surface area (Å²) in [4.78, 5) is 3.99. The first-order valence-corrected chi connectivity index (χ1v) is 9.75. The van der Waals surface area contributed by atoms with Gasteiger partial charge in [0.2, 0.25) is 10.0 Å². The minimum Gasteiger partial charge on any atom is -0.373 e. The summed E-state index contributed by atoms with van der Waals surface area (Å²) in [6.45, 7) is 3.58. The molecular weight excluding hydrogens is 308 g/mol. The van der Waals surface area contributed by atoms with E-state index < -0.39 is 10.0 Å². The molecule has 0 amide bonds. The molecule has 1 spiro atoms. The van der Waals surface area contributed by atoms with Gasteiger partial charge in [-0.1, -0.05) is 0 Å². The maximum absolute atomic E-state index is 11.8. The minimum atomic E-state index is -3.03. The Morgan fingerprint density at radius 2 is 2.14 bits per heavy atom. The Kier molecular flexibility index (Phi) is 4.27. The highest BCUT2D eigenvalue weighted by atomic mass is 32.2. The molecule has 21 heavy (non-hydrogen) atoms. The predicted octanol–water partition coefficient (Wildman–Crippen LogP) is 1.51. The van der Waals surface area contributed by atoms with Crippen LogP contribution in [0, 0.1) is 0 Å². The number of hydrogen-bond donors (Lipinski definition) is 0. The van der Waals surface area contributed by atoms with Gasteiger partial charge in [0.25, 0.3) is 0 Å². The topological polar surface area (TPSA) is 59.5 Å². The fourth-order valence-corrected chi connectivity index (χ4v) is 5.77. The molecule has 0 N–H and O–H groups in total. The SMILES string of the molecule is CCS(=O)(=O)N1CC2(C[C@H](OCc3ccncc3)CS2)C1. The highest BCUT2D eigenvalue weighted by Crippen LogP contribution is 2.47. The van der Waals surface area contributed by atoms with Crippen LogP contribution in [0.15, 0.2) is 24.5 Å². The summed E-state index contributed by atoms with van der Waals surface area (Å²) in [7, 11) is -3.03. The lowest BCUT2D eigenvalue weighted by Crippen LogP contribution is -2.60. The van der Waals surface area contributed by atoms with Gasteiger partial charge in [-0.05, 0) is 31.0 Å². The Morgan fingerprint density at radius 1 is 1.43 bits per heavy atom. The van der Waals surface area contributed by atoms with Gasteiger partial charge in [0, 0.05) is 36.0 Å². The highest BCUT2D eigenvalue weighted by Gasteiger charge is 2.52. The van der Waals surface area contributed by atoms with E-state index >= 15 is 0 Å². The van der Waals surface area contributed by atoms with Crippen molar-refractivity contribution in [3.05, 3.63) is 30.1 Å². The van der Waals surface area contributed by atoms with E-state index in [1.54, 1.807) is 23.6 Å². The molecule has 1 atom stereocenters. The van der Waals surface area contributed by atoms with Crippen molar-refractivity contribution in [1.82, 2.24) is 9.29 Å². The smallest absolute Gasteiger partial charge is 0.213 e. The van der Waals surface area contributed by atoms with Crippen LogP contribution in [0.4, 0.5) is 0 Å². The lowest BCUT2D eigenvalue weighted by molar-refractivity contribution is 0.0397. The molecule has 0 radical (unpaired) electrons. The molecule has 0 bridgehead atoms. The molecule has 0 aromatic carbocycles. The number of sulfonamides is 1. The van der Waals surface area contributed by atoms with Crippen molar-refractivity contribution in [2.75, 3.05) is 24.6 Å². The Hall–Kier alpha value is -0.630. The third-order valence-corrected chi connectivity index (χ3v) is 7.45. The van der Waals surface area contributed by atoms with Crippen molar-refractivity contribution in [2.24, 2.45) is 0 Å². The van der Waals surface area contributed by atoms with Gasteiger partial charge in [-0.3, -0.25) is 4.98 Å². The average molecular weight is 328 g/mol. The van der Waals surface area contributed by atoms with E-state index in [1.165, 1.54) is 0 Å². The number of rotatable bonds is 5. The summed E-state index contributed by atoms with van der Waals surface area (Å²) in [5.41, 5.74) is 1.12. The molecule has 2 fully saturated rings. The first-order chi connectivity index (χ1) is 10.0. The molecule has 0 saturated carbocycles. The van der Waals surface area contributed by atoms with Crippen molar-refractivity contribution in [3.63, 3.8) is 0 Å². The van der Waals surface area contributed by atoms with Crippen LogP contribution >= 0.6 is 11.8 Å². The molecule has 116 valence electrons. The van der Waals surface area contributed by atoms with Gasteiger partial charge in [-0.2, -0.15) is 4.31 Å². The monoisotopic (exact) mass is 328 g/mol. The van der Waals surface area contributed by atoms with Gasteiger partial charge < -0.3 is 4.74 Å². The van der Waals surface area contributed by atoms with E-state index in [9.17, 15) is 8.42 Å². The molecule has 2 saturated heterocycles. The van der Waals surface area contributed by atoms with Crippen molar-refractivity contribution in [2.45, 2.75) is 30.8 Å². The van der Waals surface area contributed by atoms with E-state index in [0.29, 0.717) is 19.7 Å². The second-order valence-corrected chi connectivity index (χ2v) is 9.40. The summed E-state index contributed by atoms with van der Waals surface area (Å²) in [6, 6.07) is 3.91. The third kappa shape index (κ3) is 3.26. The maximum Gasteiger partial charge on any atom is 0.213 e. The molecule has 7 heteroatoms. The second-order valence-electron chi connectivity index (χ2n) is 5.66. The Balaban J connectivity index is 1.49. The van der Waals surface area contributed by atoms with E-state index in [2.05, 4.69) is 4.98 Å².